The minimum absolute atomic E-state index is 0.00885. The van der Waals surface area contributed by atoms with Crippen molar-refractivity contribution in [1.82, 2.24) is 0 Å². The van der Waals surface area contributed by atoms with Crippen molar-refractivity contribution in [2.45, 2.75) is 13.3 Å². The van der Waals surface area contributed by atoms with Crippen molar-refractivity contribution in [1.29, 1.82) is 0 Å². The second-order valence-corrected chi connectivity index (χ2v) is 3.77. The van der Waals surface area contributed by atoms with Crippen molar-refractivity contribution in [2.24, 2.45) is 0 Å². The molecule has 0 radical (unpaired) electrons. The van der Waals surface area contributed by atoms with Crippen LogP contribution in [0.1, 0.15) is 22.3 Å². The summed E-state index contributed by atoms with van der Waals surface area (Å²) >= 11 is 0. The van der Waals surface area contributed by atoms with Crippen LogP contribution >= 0.6 is 0 Å². The quantitative estimate of drug-likeness (QED) is 0.198. The molecule has 0 saturated carbocycles. The summed E-state index contributed by atoms with van der Waals surface area (Å²) in [6, 6.07) is 3.87. The van der Waals surface area contributed by atoms with Gasteiger partial charge in [-0.15, -0.1) is 0 Å². The highest BCUT2D eigenvalue weighted by molar-refractivity contribution is 6.38. The van der Waals surface area contributed by atoms with Gasteiger partial charge < -0.3 is 4.74 Å². The van der Waals surface area contributed by atoms with E-state index in [1.165, 1.54) is 19.1 Å². The number of nitrogens with zero attached hydrogens (tertiary/aromatic N) is 1. The number of benzene rings is 1. The average Bonchev–Trinajstić information content (AvgIpc) is 2.37. The number of nitro groups is 1. The van der Waals surface area contributed by atoms with Crippen LogP contribution in [0, 0.1) is 17.0 Å². The van der Waals surface area contributed by atoms with Gasteiger partial charge in [0.2, 0.25) is 5.78 Å². The number of hydrogen-bond acceptors (Lipinski definition) is 6. The van der Waals surface area contributed by atoms with Crippen molar-refractivity contribution in [3.8, 4) is 0 Å². The van der Waals surface area contributed by atoms with Gasteiger partial charge in [0.15, 0.2) is 5.78 Å². The number of rotatable bonds is 5. The third kappa shape index (κ3) is 3.44. The molecule has 0 N–H and O–H groups in total. The molecule has 0 fully saturated rings. The Kier molecular flexibility index (Phi) is 4.46. The number of methoxy groups -OCH3 is 1. The molecule has 0 spiro atoms. The average molecular weight is 265 g/mol. The Labute approximate surface area is 108 Å². The van der Waals surface area contributed by atoms with E-state index in [1.54, 1.807) is 0 Å². The van der Waals surface area contributed by atoms with Crippen molar-refractivity contribution in [2.75, 3.05) is 7.11 Å². The summed E-state index contributed by atoms with van der Waals surface area (Å²) in [7, 11) is 1.03. The zero-order valence-electron chi connectivity index (χ0n) is 10.3. The first-order chi connectivity index (χ1) is 8.86. The Bertz CT molecular complexity index is 563. The van der Waals surface area contributed by atoms with E-state index in [0.29, 0.717) is 5.56 Å². The van der Waals surface area contributed by atoms with Gasteiger partial charge in [-0.25, -0.2) is 4.79 Å². The number of esters is 1. The summed E-state index contributed by atoms with van der Waals surface area (Å²) in [4.78, 5) is 43.9. The van der Waals surface area contributed by atoms with Gasteiger partial charge in [-0.05, 0) is 6.92 Å². The summed E-state index contributed by atoms with van der Waals surface area (Å²) in [5.41, 5.74) is 0.201. The second-order valence-electron chi connectivity index (χ2n) is 3.77. The molecule has 19 heavy (non-hydrogen) atoms. The van der Waals surface area contributed by atoms with E-state index in [4.69, 9.17) is 0 Å². The summed E-state index contributed by atoms with van der Waals surface area (Å²) in [6.07, 6.45) is -0.674. The van der Waals surface area contributed by atoms with E-state index in [0.717, 1.165) is 13.2 Å². The maximum atomic E-state index is 11.7. The van der Waals surface area contributed by atoms with Crippen LogP contribution in [-0.2, 0) is 14.3 Å². The Morgan fingerprint density at radius 3 is 2.47 bits per heavy atom. The lowest BCUT2D eigenvalue weighted by molar-refractivity contribution is -0.385. The van der Waals surface area contributed by atoms with Crippen LogP contribution in [-0.4, -0.2) is 29.6 Å². The number of carbonyl (C=O) groups is 3. The molecule has 0 bridgehead atoms. The molecule has 1 aromatic rings. The van der Waals surface area contributed by atoms with Gasteiger partial charge in [-0.3, -0.25) is 19.7 Å². The number of hydrogen-bond donors (Lipinski definition) is 0. The molecule has 100 valence electrons. The number of nitro benzene ring substituents is 1. The molecule has 7 nitrogen and oxygen atoms in total. The molecule has 7 heteroatoms. The highest BCUT2D eigenvalue weighted by atomic mass is 16.6. The maximum Gasteiger partial charge on any atom is 0.374 e. The van der Waals surface area contributed by atoms with Crippen molar-refractivity contribution < 1.29 is 24.0 Å². The molecular formula is C12H11NO6. The number of carbonyl (C=O) groups excluding carboxylic acids is 3. The molecule has 0 saturated heterocycles. The van der Waals surface area contributed by atoms with Gasteiger partial charge in [-0.1, -0.05) is 12.1 Å². The first kappa shape index (κ1) is 14.5. The van der Waals surface area contributed by atoms with Gasteiger partial charge in [0.25, 0.3) is 5.69 Å². The van der Waals surface area contributed by atoms with Gasteiger partial charge in [0.1, 0.15) is 0 Å². The molecule has 0 unspecified atom stereocenters. The Balaban J connectivity index is 2.95. The lowest BCUT2D eigenvalue weighted by Crippen LogP contribution is -2.19. The lowest BCUT2D eigenvalue weighted by Gasteiger charge is -2.02. The molecule has 0 aliphatic rings. The predicted octanol–water partition coefficient (Wildman–Crippen LogP) is 1.22. The van der Waals surface area contributed by atoms with E-state index in [1.807, 2.05) is 0 Å². The van der Waals surface area contributed by atoms with Gasteiger partial charge in [-0.2, -0.15) is 0 Å². The lowest BCUT2D eigenvalue weighted by atomic mass is 10.0. The third-order valence-corrected chi connectivity index (χ3v) is 2.46. The Morgan fingerprint density at radius 2 is 1.95 bits per heavy atom. The van der Waals surface area contributed by atoms with Crippen molar-refractivity contribution >= 4 is 23.2 Å². The normalized spacial score (nSPS) is 9.79. The minimum atomic E-state index is -1.12. The zero-order valence-corrected chi connectivity index (χ0v) is 10.3. The Morgan fingerprint density at radius 1 is 1.32 bits per heavy atom. The largest absolute Gasteiger partial charge is 0.463 e. The summed E-state index contributed by atoms with van der Waals surface area (Å²) in [5, 5.41) is 10.7. The number of Topliss-reactive ketones (excluding diaryl/α,β-unsaturated/α-hetero) is 2. The summed E-state index contributed by atoms with van der Waals surface area (Å²) < 4.78 is 4.18. The molecule has 0 aliphatic carbocycles. The molecule has 0 aromatic heterocycles. The first-order valence-electron chi connectivity index (χ1n) is 5.26. The third-order valence-electron chi connectivity index (χ3n) is 2.46. The molecule has 1 rings (SSSR count). The molecule has 0 aliphatic heterocycles. The highest BCUT2D eigenvalue weighted by Crippen LogP contribution is 2.20. The van der Waals surface area contributed by atoms with E-state index in [9.17, 15) is 24.5 Å². The molecule has 1 aromatic carbocycles. The fraction of sp³-hybridized carbons (Fsp3) is 0.250. The van der Waals surface area contributed by atoms with Gasteiger partial charge in [0.05, 0.1) is 18.5 Å². The van der Waals surface area contributed by atoms with E-state index in [2.05, 4.69) is 4.74 Å². The van der Waals surface area contributed by atoms with Crippen LogP contribution in [0.25, 0.3) is 0 Å². The Hall–Kier alpha value is -2.57. The van der Waals surface area contributed by atoms with E-state index in [-0.39, 0.29) is 11.3 Å². The van der Waals surface area contributed by atoms with Gasteiger partial charge in [0, 0.05) is 17.2 Å². The van der Waals surface area contributed by atoms with E-state index >= 15 is 0 Å². The number of aryl methyl sites for hydroxylation is 1. The molecule has 0 heterocycles. The summed E-state index contributed by atoms with van der Waals surface area (Å²) in [6.45, 7) is 1.53. The van der Waals surface area contributed by atoms with Crippen LogP contribution in [0.15, 0.2) is 18.2 Å². The van der Waals surface area contributed by atoms with Crippen LogP contribution in [0.5, 0.6) is 0 Å². The van der Waals surface area contributed by atoms with Crippen molar-refractivity contribution in [3.63, 3.8) is 0 Å². The summed E-state index contributed by atoms with van der Waals surface area (Å²) in [5.74, 6) is -2.77. The standard InChI is InChI=1S/C12H11NO6/c1-7-3-4-8(5-9(7)13(17)18)10(14)6-11(15)12(16)19-2/h3-5H,6H2,1-2H3. The van der Waals surface area contributed by atoms with Crippen molar-refractivity contribution in [3.05, 3.63) is 39.4 Å². The predicted molar refractivity (Wildman–Crippen MR) is 63.8 cm³/mol. The van der Waals surface area contributed by atoms with Crippen LogP contribution in [0.3, 0.4) is 0 Å². The molecular weight excluding hydrogens is 254 g/mol. The molecule has 0 atom stereocenters. The number of ketones is 2. The second kappa shape index (κ2) is 5.85. The SMILES string of the molecule is COC(=O)C(=O)CC(=O)c1ccc(C)c([N+](=O)[O-])c1. The number of ether oxygens (including phenoxy) is 1. The fourth-order valence-corrected chi connectivity index (χ4v) is 1.41. The van der Waals surface area contributed by atoms with Crippen LogP contribution in [0.2, 0.25) is 0 Å². The fourth-order valence-electron chi connectivity index (χ4n) is 1.41. The van der Waals surface area contributed by atoms with Crippen LogP contribution < -0.4 is 0 Å². The van der Waals surface area contributed by atoms with Gasteiger partial charge >= 0.3 is 5.97 Å². The maximum absolute atomic E-state index is 11.7. The van der Waals surface area contributed by atoms with Crippen LogP contribution in [0.4, 0.5) is 5.69 Å². The first-order valence-corrected chi connectivity index (χ1v) is 5.26. The monoisotopic (exact) mass is 265 g/mol. The topological polar surface area (TPSA) is 104 Å². The smallest absolute Gasteiger partial charge is 0.374 e. The van der Waals surface area contributed by atoms with E-state index < -0.39 is 28.9 Å². The minimum Gasteiger partial charge on any atom is -0.463 e. The highest BCUT2D eigenvalue weighted by Gasteiger charge is 2.21. The zero-order chi connectivity index (χ0) is 14.6. The molecule has 0 amide bonds.